The number of rotatable bonds is 7. The third kappa shape index (κ3) is 4.38. The SMILES string of the molecule is CCOCC(C)OCc1cc(C(=O)NN)sc1C. The molecule has 0 aliphatic carbocycles. The molecule has 0 aliphatic rings. The van der Waals surface area contributed by atoms with Crippen LogP contribution in [0.25, 0.3) is 0 Å². The van der Waals surface area contributed by atoms with Gasteiger partial charge in [-0.15, -0.1) is 11.3 Å². The van der Waals surface area contributed by atoms with E-state index in [2.05, 4.69) is 5.43 Å². The second-order valence-corrected chi connectivity index (χ2v) is 5.20. The Bertz CT molecular complexity index is 393. The number of hydrogen-bond acceptors (Lipinski definition) is 5. The van der Waals surface area contributed by atoms with Crippen molar-refractivity contribution in [1.82, 2.24) is 5.43 Å². The Labute approximate surface area is 111 Å². The molecule has 0 saturated carbocycles. The zero-order valence-corrected chi connectivity index (χ0v) is 11.8. The van der Waals surface area contributed by atoms with Crippen molar-refractivity contribution in [3.8, 4) is 0 Å². The fraction of sp³-hybridized carbons (Fsp3) is 0.583. The van der Waals surface area contributed by atoms with Gasteiger partial charge in [0.25, 0.3) is 5.91 Å². The first kappa shape index (κ1) is 15.1. The van der Waals surface area contributed by atoms with Crippen LogP contribution < -0.4 is 11.3 Å². The number of carbonyl (C=O) groups excluding carboxylic acids is 1. The monoisotopic (exact) mass is 272 g/mol. The average molecular weight is 272 g/mol. The summed E-state index contributed by atoms with van der Waals surface area (Å²) < 4.78 is 10.9. The maximum absolute atomic E-state index is 11.4. The summed E-state index contributed by atoms with van der Waals surface area (Å²) in [5.74, 6) is 4.83. The number of nitrogens with two attached hydrogens (primary N) is 1. The fourth-order valence-corrected chi connectivity index (χ4v) is 2.34. The largest absolute Gasteiger partial charge is 0.379 e. The molecule has 0 aromatic carbocycles. The molecule has 18 heavy (non-hydrogen) atoms. The lowest BCUT2D eigenvalue weighted by Crippen LogP contribution is -2.29. The van der Waals surface area contributed by atoms with E-state index in [-0.39, 0.29) is 12.0 Å². The topological polar surface area (TPSA) is 73.6 Å². The van der Waals surface area contributed by atoms with E-state index < -0.39 is 0 Å². The molecule has 1 atom stereocenters. The number of nitrogens with one attached hydrogen (secondary N) is 1. The lowest BCUT2D eigenvalue weighted by Gasteiger charge is -2.12. The Morgan fingerprint density at radius 3 is 2.94 bits per heavy atom. The van der Waals surface area contributed by atoms with Crippen LogP contribution in [0.2, 0.25) is 0 Å². The Morgan fingerprint density at radius 1 is 1.61 bits per heavy atom. The average Bonchev–Trinajstić information content (AvgIpc) is 2.74. The molecule has 1 rings (SSSR count). The summed E-state index contributed by atoms with van der Waals surface area (Å²) in [6.45, 7) is 7.62. The van der Waals surface area contributed by atoms with Crippen LogP contribution in [0.15, 0.2) is 6.07 Å². The number of ether oxygens (including phenoxy) is 2. The number of carbonyl (C=O) groups is 1. The predicted octanol–water partition coefficient (Wildman–Crippen LogP) is 1.60. The van der Waals surface area contributed by atoms with Crippen molar-refractivity contribution in [2.24, 2.45) is 5.84 Å². The number of hydrogen-bond donors (Lipinski definition) is 2. The number of hydrazine groups is 1. The van der Waals surface area contributed by atoms with Crippen molar-refractivity contribution in [1.29, 1.82) is 0 Å². The summed E-state index contributed by atoms with van der Waals surface area (Å²) in [5, 5.41) is 0. The van der Waals surface area contributed by atoms with E-state index in [1.54, 1.807) is 0 Å². The van der Waals surface area contributed by atoms with Gasteiger partial charge in [0, 0.05) is 11.5 Å². The molecule has 1 aromatic heterocycles. The van der Waals surface area contributed by atoms with Gasteiger partial charge in [0.2, 0.25) is 0 Å². The van der Waals surface area contributed by atoms with Crippen LogP contribution in [0.4, 0.5) is 0 Å². The molecule has 0 saturated heterocycles. The molecule has 1 amide bonds. The van der Waals surface area contributed by atoms with E-state index in [1.807, 2.05) is 26.8 Å². The van der Waals surface area contributed by atoms with Gasteiger partial charge in [0.05, 0.1) is 24.2 Å². The van der Waals surface area contributed by atoms with E-state index in [1.165, 1.54) is 11.3 Å². The maximum Gasteiger partial charge on any atom is 0.275 e. The van der Waals surface area contributed by atoms with Crippen molar-refractivity contribution in [2.75, 3.05) is 13.2 Å². The molecular formula is C12H20N2O3S. The maximum atomic E-state index is 11.4. The first-order valence-electron chi connectivity index (χ1n) is 5.88. The van der Waals surface area contributed by atoms with E-state index in [9.17, 15) is 4.79 Å². The first-order chi connectivity index (χ1) is 8.58. The molecule has 1 heterocycles. The van der Waals surface area contributed by atoms with Gasteiger partial charge < -0.3 is 9.47 Å². The molecule has 6 heteroatoms. The Morgan fingerprint density at radius 2 is 2.33 bits per heavy atom. The van der Waals surface area contributed by atoms with Crippen molar-refractivity contribution >= 4 is 17.2 Å². The van der Waals surface area contributed by atoms with E-state index in [0.717, 1.165) is 10.4 Å². The minimum atomic E-state index is -0.267. The summed E-state index contributed by atoms with van der Waals surface area (Å²) in [7, 11) is 0. The summed E-state index contributed by atoms with van der Waals surface area (Å²) in [5.41, 5.74) is 3.14. The number of aryl methyl sites for hydroxylation is 1. The predicted molar refractivity (Wildman–Crippen MR) is 71.5 cm³/mol. The lowest BCUT2D eigenvalue weighted by atomic mass is 10.2. The van der Waals surface area contributed by atoms with Gasteiger partial charge in [-0.2, -0.15) is 0 Å². The zero-order valence-electron chi connectivity index (χ0n) is 11.0. The number of nitrogen functional groups attached to an aromatic ring is 1. The second kappa shape index (κ2) is 7.48. The zero-order chi connectivity index (χ0) is 13.5. The van der Waals surface area contributed by atoms with Gasteiger partial charge in [-0.05, 0) is 32.4 Å². The summed E-state index contributed by atoms with van der Waals surface area (Å²) in [6, 6.07) is 1.82. The molecule has 0 spiro atoms. The van der Waals surface area contributed by atoms with Gasteiger partial charge in [-0.1, -0.05) is 0 Å². The molecule has 102 valence electrons. The van der Waals surface area contributed by atoms with Crippen LogP contribution in [-0.4, -0.2) is 25.2 Å². The third-order valence-corrected chi connectivity index (χ3v) is 3.55. The van der Waals surface area contributed by atoms with Crippen LogP contribution in [0.1, 0.15) is 34.0 Å². The minimum Gasteiger partial charge on any atom is -0.379 e. The molecule has 0 bridgehead atoms. The fourth-order valence-electron chi connectivity index (χ4n) is 1.41. The first-order valence-corrected chi connectivity index (χ1v) is 6.69. The quantitative estimate of drug-likeness (QED) is 0.449. The van der Waals surface area contributed by atoms with Gasteiger partial charge in [-0.3, -0.25) is 10.2 Å². The van der Waals surface area contributed by atoms with Crippen LogP contribution in [0.5, 0.6) is 0 Å². The number of thiophene rings is 1. The van der Waals surface area contributed by atoms with Crippen LogP contribution in [-0.2, 0) is 16.1 Å². The molecule has 1 aromatic rings. The smallest absolute Gasteiger partial charge is 0.275 e. The van der Waals surface area contributed by atoms with Gasteiger partial charge >= 0.3 is 0 Å². The Balaban J connectivity index is 2.52. The minimum absolute atomic E-state index is 0.0380. The molecule has 1 unspecified atom stereocenters. The molecule has 5 nitrogen and oxygen atoms in total. The summed E-state index contributed by atoms with van der Waals surface area (Å²) in [4.78, 5) is 13.0. The highest BCUT2D eigenvalue weighted by atomic mass is 32.1. The molecule has 0 fully saturated rings. The van der Waals surface area contributed by atoms with Crippen molar-refractivity contribution in [3.05, 3.63) is 21.4 Å². The van der Waals surface area contributed by atoms with Crippen LogP contribution in [0, 0.1) is 6.92 Å². The van der Waals surface area contributed by atoms with Gasteiger partial charge in [0.15, 0.2) is 0 Å². The highest BCUT2D eigenvalue weighted by molar-refractivity contribution is 7.14. The highest BCUT2D eigenvalue weighted by Crippen LogP contribution is 2.22. The van der Waals surface area contributed by atoms with E-state index in [4.69, 9.17) is 15.3 Å². The Kier molecular flexibility index (Phi) is 6.28. The van der Waals surface area contributed by atoms with Gasteiger partial charge in [-0.25, -0.2) is 5.84 Å². The number of amides is 1. The standard InChI is InChI=1S/C12H20N2O3S/c1-4-16-6-8(2)17-7-10-5-11(12(15)14-13)18-9(10)3/h5,8H,4,6-7,13H2,1-3H3,(H,14,15). The molecule has 0 radical (unpaired) electrons. The Hall–Kier alpha value is -0.950. The third-order valence-electron chi connectivity index (χ3n) is 2.46. The van der Waals surface area contributed by atoms with Crippen molar-refractivity contribution in [2.45, 2.75) is 33.5 Å². The van der Waals surface area contributed by atoms with Crippen molar-refractivity contribution < 1.29 is 14.3 Å². The van der Waals surface area contributed by atoms with E-state index in [0.29, 0.717) is 24.7 Å². The summed E-state index contributed by atoms with van der Waals surface area (Å²) >= 11 is 1.41. The lowest BCUT2D eigenvalue weighted by molar-refractivity contribution is -0.0117. The van der Waals surface area contributed by atoms with Crippen molar-refractivity contribution in [3.63, 3.8) is 0 Å². The molecule has 0 aliphatic heterocycles. The normalized spacial score (nSPS) is 12.4. The molecule has 3 N–H and O–H groups in total. The second-order valence-electron chi connectivity index (χ2n) is 3.95. The van der Waals surface area contributed by atoms with Crippen LogP contribution in [0.3, 0.4) is 0 Å². The van der Waals surface area contributed by atoms with Gasteiger partial charge in [0.1, 0.15) is 0 Å². The molecular weight excluding hydrogens is 252 g/mol. The van der Waals surface area contributed by atoms with E-state index >= 15 is 0 Å². The summed E-state index contributed by atoms with van der Waals surface area (Å²) in [6.07, 6.45) is 0.0380. The highest BCUT2D eigenvalue weighted by Gasteiger charge is 2.12. The van der Waals surface area contributed by atoms with Crippen LogP contribution >= 0.6 is 11.3 Å².